The number of nitriles is 1. The lowest BCUT2D eigenvalue weighted by molar-refractivity contribution is 0.417. The topological polar surface area (TPSA) is 58.8 Å². The van der Waals surface area contributed by atoms with Crippen LogP contribution in [0.5, 0.6) is 11.6 Å². The summed E-state index contributed by atoms with van der Waals surface area (Å²) in [6, 6.07) is 14.2. The molecule has 3 rings (SSSR count). The van der Waals surface area contributed by atoms with E-state index in [0.717, 1.165) is 23.4 Å². The first-order valence-corrected chi connectivity index (χ1v) is 9.57. The number of aromatic nitrogens is 2. The summed E-state index contributed by atoms with van der Waals surface area (Å²) in [5.74, 6) is -0.699. The van der Waals surface area contributed by atoms with Gasteiger partial charge in [-0.3, -0.25) is 0 Å². The largest absolute Gasteiger partial charge is 0.436 e. The molecule has 0 aliphatic rings. The maximum absolute atomic E-state index is 13.9. The van der Waals surface area contributed by atoms with Crippen LogP contribution in [0.4, 0.5) is 8.78 Å². The van der Waals surface area contributed by atoms with E-state index in [2.05, 4.69) is 16.0 Å². The van der Waals surface area contributed by atoms with Gasteiger partial charge in [0.2, 0.25) is 5.88 Å². The second-order valence-corrected chi connectivity index (χ2v) is 7.29. The van der Waals surface area contributed by atoms with Crippen LogP contribution in [0.2, 0.25) is 0 Å². The summed E-state index contributed by atoms with van der Waals surface area (Å²) in [5.41, 5.74) is 2.31. The molecule has 0 amide bonds. The molecule has 1 aromatic heterocycles. The third-order valence-electron chi connectivity index (χ3n) is 3.83. The summed E-state index contributed by atoms with van der Waals surface area (Å²) in [6.07, 6.45) is 0. The fourth-order valence-electron chi connectivity index (χ4n) is 2.38. The first kappa shape index (κ1) is 19.8. The van der Waals surface area contributed by atoms with Gasteiger partial charge in [0, 0.05) is 17.9 Å². The van der Waals surface area contributed by atoms with Crippen LogP contribution in [-0.4, -0.2) is 9.97 Å². The molecule has 3 aromatic rings. The fraction of sp³-hybridized carbons (Fsp3) is 0.190. The highest BCUT2D eigenvalue weighted by molar-refractivity contribution is 7.98. The van der Waals surface area contributed by atoms with Crippen molar-refractivity contribution in [1.82, 2.24) is 9.97 Å². The van der Waals surface area contributed by atoms with Crippen LogP contribution < -0.4 is 4.74 Å². The Labute approximate surface area is 166 Å². The van der Waals surface area contributed by atoms with Gasteiger partial charge in [-0.1, -0.05) is 37.7 Å². The van der Waals surface area contributed by atoms with Crippen molar-refractivity contribution < 1.29 is 13.5 Å². The highest BCUT2D eigenvalue weighted by Crippen LogP contribution is 2.29. The SMILES string of the molecule is CC(C)c1cc(Oc2ccc(F)cc2F)nc(SCc2cccc(C#N)c2)n1. The first-order valence-electron chi connectivity index (χ1n) is 8.58. The van der Waals surface area contributed by atoms with Crippen LogP contribution in [-0.2, 0) is 5.75 Å². The molecule has 0 aliphatic carbocycles. The van der Waals surface area contributed by atoms with Crippen molar-refractivity contribution in [2.75, 3.05) is 0 Å². The molecule has 0 unspecified atom stereocenters. The molecule has 0 saturated carbocycles. The van der Waals surface area contributed by atoms with E-state index in [4.69, 9.17) is 10.00 Å². The number of benzene rings is 2. The molecule has 0 N–H and O–H groups in total. The molecule has 0 saturated heterocycles. The van der Waals surface area contributed by atoms with E-state index in [1.165, 1.54) is 17.8 Å². The third-order valence-corrected chi connectivity index (χ3v) is 4.74. The monoisotopic (exact) mass is 397 g/mol. The van der Waals surface area contributed by atoms with Gasteiger partial charge in [0.05, 0.1) is 17.3 Å². The van der Waals surface area contributed by atoms with Gasteiger partial charge < -0.3 is 4.74 Å². The average molecular weight is 397 g/mol. The summed E-state index contributed by atoms with van der Waals surface area (Å²) in [4.78, 5) is 8.86. The standard InChI is InChI=1S/C21H17F2N3OS/c1-13(2)18-10-20(27-19-7-6-16(22)9-17(19)23)26-21(25-18)28-12-15-5-3-4-14(8-15)11-24/h3-10,13H,12H2,1-2H3. The van der Waals surface area contributed by atoms with Crippen molar-refractivity contribution in [3.05, 3.63) is 77.0 Å². The lowest BCUT2D eigenvalue weighted by Gasteiger charge is -2.11. The van der Waals surface area contributed by atoms with Crippen molar-refractivity contribution in [1.29, 1.82) is 5.26 Å². The van der Waals surface area contributed by atoms with Crippen LogP contribution in [0, 0.1) is 23.0 Å². The van der Waals surface area contributed by atoms with E-state index in [-0.39, 0.29) is 17.5 Å². The van der Waals surface area contributed by atoms with E-state index in [1.807, 2.05) is 32.0 Å². The molecule has 0 spiro atoms. The maximum atomic E-state index is 13.9. The van der Waals surface area contributed by atoms with Gasteiger partial charge in [-0.05, 0) is 35.7 Å². The summed E-state index contributed by atoms with van der Waals surface area (Å²) >= 11 is 1.39. The lowest BCUT2D eigenvalue weighted by Crippen LogP contribution is -2.00. The molecular formula is C21H17F2N3OS. The van der Waals surface area contributed by atoms with E-state index >= 15 is 0 Å². The molecule has 1 heterocycles. The number of halogens is 2. The summed E-state index contributed by atoms with van der Waals surface area (Å²) in [5, 5.41) is 9.49. The molecule has 0 bridgehead atoms. The van der Waals surface area contributed by atoms with Gasteiger partial charge in [-0.2, -0.15) is 10.2 Å². The number of thioether (sulfide) groups is 1. The normalized spacial score (nSPS) is 10.7. The highest BCUT2D eigenvalue weighted by atomic mass is 32.2. The molecule has 2 aromatic carbocycles. The minimum atomic E-state index is -0.799. The highest BCUT2D eigenvalue weighted by Gasteiger charge is 2.13. The van der Waals surface area contributed by atoms with Crippen molar-refractivity contribution in [2.24, 2.45) is 0 Å². The molecule has 142 valence electrons. The van der Waals surface area contributed by atoms with E-state index in [9.17, 15) is 8.78 Å². The van der Waals surface area contributed by atoms with Crippen molar-refractivity contribution >= 4 is 11.8 Å². The Hall–Kier alpha value is -2.98. The van der Waals surface area contributed by atoms with Crippen LogP contribution in [0.25, 0.3) is 0 Å². The Morgan fingerprint density at radius 2 is 1.93 bits per heavy atom. The number of hydrogen-bond acceptors (Lipinski definition) is 5. The van der Waals surface area contributed by atoms with Gasteiger partial charge in [0.1, 0.15) is 5.82 Å². The molecule has 4 nitrogen and oxygen atoms in total. The zero-order chi connectivity index (χ0) is 20.1. The van der Waals surface area contributed by atoms with Gasteiger partial charge in [0.15, 0.2) is 16.7 Å². The quantitative estimate of drug-likeness (QED) is 0.387. The molecule has 0 atom stereocenters. The Morgan fingerprint density at radius 3 is 2.64 bits per heavy atom. The Balaban J connectivity index is 1.83. The van der Waals surface area contributed by atoms with Gasteiger partial charge in [-0.25, -0.2) is 13.8 Å². The summed E-state index contributed by atoms with van der Waals surface area (Å²) in [7, 11) is 0. The predicted octanol–water partition coefficient (Wildman–Crippen LogP) is 5.83. The van der Waals surface area contributed by atoms with Crippen LogP contribution in [0.3, 0.4) is 0 Å². The fourth-order valence-corrected chi connectivity index (χ4v) is 3.18. The Bertz CT molecular complexity index is 1030. The molecule has 0 fully saturated rings. The summed E-state index contributed by atoms with van der Waals surface area (Å²) in [6.45, 7) is 3.96. The lowest BCUT2D eigenvalue weighted by atomic mass is 10.1. The van der Waals surface area contributed by atoms with E-state index < -0.39 is 11.6 Å². The molecule has 28 heavy (non-hydrogen) atoms. The van der Waals surface area contributed by atoms with Crippen molar-refractivity contribution in [2.45, 2.75) is 30.7 Å². The summed E-state index contributed by atoms with van der Waals surface area (Å²) < 4.78 is 32.5. The molecule has 0 radical (unpaired) electrons. The molecule has 0 aliphatic heterocycles. The first-order chi connectivity index (χ1) is 13.4. The average Bonchev–Trinajstić information content (AvgIpc) is 2.68. The molecule has 7 heteroatoms. The minimum Gasteiger partial charge on any atom is -0.436 e. The van der Waals surface area contributed by atoms with E-state index in [0.29, 0.717) is 16.5 Å². The van der Waals surface area contributed by atoms with Crippen LogP contribution >= 0.6 is 11.8 Å². The smallest absolute Gasteiger partial charge is 0.223 e. The van der Waals surface area contributed by atoms with Gasteiger partial charge in [-0.15, -0.1) is 0 Å². The van der Waals surface area contributed by atoms with Crippen LogP contribution in [0.15, 0.2) is 53.7 Å². The third kappa shape index (κ3) is 5.05. The van der Waals surface area contributed by atoms with E-state index in [1.54, 1.807) is 12.1 Å². The zero-order valence-electron chi connectivity index (χ0n) is 15.3. The zero-order valence-corrected chi connectivity index (χ0v) is 16.1. The Kier molecular flexibility index (Phi) is 6.22. The second-order valence-electron chi connectivity index (χ2n) is 6.35. The van der Waals surface area contributed by atoms with Crippen LogP contribution in [0.1, 0.15) is 36.6 Å². The number of rotatable bonds is 6. The number of hydrogen-bond donors (Lipinski definition) is 0. The number of ether oxygens (including phenoxy) is 1. The second kappa shape index (κ2) is 8.81. The van der Waals surface area contributed by atoms with Crippen molar-refractivity contribution in [3.63, 3.8) is 0 Å². The Morgan fingerprint density at radius 1 is 1.11 bits per heavy atom. The predicted molar refractivity (Wildman–Crippen MR) is 103 cm³/mol. The van der Waals surface area contributed by atoms with Crippen molar-refractivity contribution in [3.8, 4) is 17.7 Å². The van der Waals surface area contributed by atoms with Gasteiger partial charge >= 0.3 is 0 Å². The minimum absolute atomic E-state index is 0.104. The molecular weight excluding hydrogens is 380 g/mol. The maximum Gasteiger partial charge on any atom is 0.223 e. The number of nitrogens with zero attached hydrogens (tertiary/aromatic N) is 3. The van der Waals surface area contributed by atoms with Gasteiger partial charge in [0.25, 0.3) is 0 Å².